The molecule has 1 aromatic rings. The molecule has 0 saturated carbocycles. The predicted molar refractivity (Wildman–Crippen MR) is 69.8 cm³/mol. The molecule has 1 unspecified atom stereocenters. The third kappa shape index (κ3) is 3.90. The number of alkyl halides is 1. The van der Waals surface area contributed by atoms with E-state index in [-0.39, 0.29) is 29.1 Å². The lowest BCUT2D eigenvalue weighted by Crippen LogP contribution is -2.32. The van der Waals surface area contributed by atoms with Gasteiger partial charge in [0.05, 0.1) is 17.1 Å². The van der Waals surface area contributed by atoms with Gasteiger partial charge in [-0.1, -0.05) is 12.1 Å². The molecule has 0 radical (unpaired) electrons. The number of carbonyl (C=O) groups is 1. The van der Waals surface area contributed by atoms with Gasteiger partial charge in [-0.3, -0.25) is 0 Å². The summed E-state index contributed by atoms with van der Waals surface area (Å²) in [6, 6.07) is 2.92. The number of halogens is 4. The number of esters is 1. The molecule has 1 aromatic carbocycles. The Morgan fingerprint density at radius 2 is 2.17 bits per heavy atom. The van der Waals surface area contributed by atoms with Crippen LogP contribution in [0.2, 0.25) is 0 Å². The molecule has 102 valence electrons. The monoisotopic (exact) mass is 343 g/mol. The first-order valence-electron chi connectivity index (χ1n) is 4.99. The molecule has 18 heavy (non-hydrogen) atoms. The maximum atomic E-state index is 13.6. The summed E-state index contributed by atoms with van der Waals surface area (Å²) >= 11 is 2.96. The van der Waals surface area contributed by atoms with Crippen LogP contribution in [0, 0.1) is 5.82 Å². The highest BCUT2D eigenvalue weighted by atomic mass is 79.9. The maximum Gasteiger partial charge on any atom is 0.342 e. The highest BCUT2D eigenvalue weighted by Crippen LogP contribution is 2.25. The molecule has 2 atom stereocenters. The fourth-order valence-electron chi connectivity index (χ4n) is 1.30. The van der Waals surface area contributed by atoms with Gasteiger partial charge in [0.1, 0.15) is 5.82 Å². The molecule has 0 fully saturated rings. The molecular weight excluding hydrogens is 331 g/mol. The summed E-state index contributed by atoms with van der Waals surface area (Å²) in [5.74, 6) is -1.76. The van der Waals surface area contributed by atoms with Gasteiger partial charge in [0, 0.05) is 5.56 Å². The van der Waals surface area contributed by atoms with Crippen molar-refractivity contribution in [2.24, 2.45) is 5.73 Å². The van der Waals surface area contributed by atoms with E-state index in [4.69, 9.17) is 5.73 Å². The zero-order valence-corrected chi connectivity index (χ0v) is 11.9. The minimum Gasteiger partial charge on any atom is -0.464 e. The van der Waals surface area contributed by atoms with Crippen molar-refractivity contribution in [3.8, 4) is 0 Å². The lowest BCUT2D eigenvalue weighted by Gasteiger charge is -2.16. The summed E-state index contributed by atoms with van der Waals surface area (Å²) in [5.41, 5.74) is 5.43. The van der Waals surface area contributed by atoms with E-state index < -0.39 is 24.0 Å². The van der Waals surface area contributed by atoms with Crippen LogP contribution in [0.3, 0.4) is 0 Å². The van der Waals surface area contributed by atoms with Crippen molar-refractivity contribution in [3.63, 3.8) is 0 Å². The van der Waals surface area contributed by atoms with Gasteiger partial charge in [-0.2, -0.15) is 0 Å². The van der Waals surface area contributed by atoms with Crippen LogP contribution in [-0.4, -0.2) is 18.7 Å². The Morgan fingerprint density at radius 1 is 1.56 bits per heavy atom. The Morgan fingerprint density at radius 3 is 2.72 bits per heavy atom. The number of benzene rings is 1. The van der Waals surface area contributed by atoms with Gasteiger partial charge < -0.3 is 10.5 Å². The van der Waals surface area contributed by atoms with Crippen LogP contribution < -0.4 is 5.73 Å². The van der Waals surface area contributed by atoms with Gasteiger partial charge in [0.2, 0.25) is 6.17 Å². The summed E-state index contributed by atoms with van der Waals surface area (Å²) in [6.45, 7) is 1.60. The van der Waals surface area contributed by atoms with E-state index in [2.05, 4.69) is 20.7 Å². The molecule has 0 spiro atoms. The Bertz CT molecular complexity index is 420. The summed E-state index contributed by atoms with van der Waals surface area (Å²) in [7, 11) is 0. The molecule has 1 rings (SSSR count). The van der Waals surface area contributed by atoms with Crippen LogP contribution in [0.4, 0.5) is 8.78 Å². The smallest absolute Gasteiger partial charge is 0.342 e. The van der Waals surface area contributed by atoms with Crippen molar-refractivity contribution in [2.45, 2.75) is 19.1 Å². The van der Waals surface area contributed by atoms with Crippen molar-refractivity contribution in [1.82, 2.24) is 0 Å². The van der Waals surface area contributed by atoms with Crippen LogP contribution in [0.25, 0.3) is 0 Å². The van der Waals surface area contributed by atoms with E-state index in [1.54, 1.807) is 6.92 Å². The Labute approximate surface area is 118 Å². The lowest BCUT2D eigenvalue weighted by molar-refractivity contribution is -0.149. The molecule has 0 aromatic heterocycles. The van der Waals surface area contributed by atoms with Crippen molar-refractivity contribution in [3.05, 3.63) is 34.1 Å². The summed E-state index contributed by atoms with van der Waals surface area (Å²) in [4.78, 5) is 11.1. The van der Waals surface area contributed by atoms with Crippen LogP contribution in [0.1, 0.15) is 18.5 Å². The summed E-state index contributed by atoms with van der Waals surface area (Å²) in [5, 5.41) is 0. The summed E-state index contributed by atoms with van der Waals surface area (Å²) in [6.07, 6.45) is -2.08. The first-order valence-corrected chi connectivity index (χ1v) is 5.78. The molecule has 0 aliphatic carbocycles. The van der Waals surface area contributed by atoms with Crippen molar-refractivity contribution in [1.29, 1.82) is 0 Å². The number of ether oxygens (including phenoxy) is 1. The van der Waals surface area contributed by atoms with Crippen molar-refractivity contribution in [2.75, 3.05) is 6.61 Å². The SMILES string of the molecule is CCOC(=O)C(F)[C@H](N)c1cccc(Br)c1F.Cl. The van der Waals surface area contributed by atoms with Gasteiger partial charge in [-0.25, -0.2) is 13.6 Å². The number of hydrogen-bond acceptors (Lipinski definition) is 3. The fourth-order valence-corrected chi connectivity index (χ4v) is 1.69. The predicted octanol–water partition coefficient (Wildman–Crippen LogP) is 2.91. The third-order valence-electron chi connectivity index (χ3n) is 2.17. The molecule has 0 aliphatic rings. The highest BCUT2D eigenvalue weighted by molar-refractivity contribution is 9.10. The Hall–Kier alpha value is -0.720. The standard InChI is InChI=1S/C11H12BrF2NO2.ClH/c1-2-17-11(16)9(14)10(15)6-4-3-5-7(12)8(6)13;/h3-5,9-10H,2,15H2,1H3;1H/t9?,10-;/m1./s1. The second kappa shape index (κ2) is 7.66. The van der Waals surface area contributed by atoms with E-state index in [1.807, 2.05) is 0 Å². The maximum absolute atomic E-state index is 13.6. The number of rotatable bonds is 4. The number of nitrogens with two attached hydrogens (primary N) is 1. The number of carbonyl (C=O) groups excluding carboxylic acids is 1. The quantitative estimate of drug-likeness (QED) is 0.855. The molecule has 0 aliphatic heterocycles. The van der Waals surface area contributed by atoms with Crippen LogP contribution in [0.15, 0.2) is 22.7 Å². The average molecular weight is 345 g/mol. The molecular formula is C11H13BrClF2NO2. The van der Waals surface area contributed by atoms with Gasteiger partial charge >= 0.3 is 5.97 Å². The van der Waals surface area contributed by atoms with E-state index >= 15 is 0 Å². The van der Waals surface area contributed by atoms with Crippen LogP contribution in [0.5, 0.6) is 0 Å². The molecule has 0 amide bonds. The van der Waals surface area contributed by atoms with E-state index in [9.17, 15) is 13.6 Å². The largest absolute Gasteiger partial charge is 0.464 e. The Balaban J connectivity index is 0.00000289. The molecule has 0 bridgehead atoms. The zero-order valence-electron chi connectivity index (χ0n) is 9.53. The summed E-state index contributed by atoms with van der Waals surface area (Å²) < 4.78 is 31.9. The van der Waals surface area contributed by atoms with Crippen LogP contribution >= 0.6 is 28.3 Å². The topological polar surface area (TPSA) is 52.3 Å². The Kier molecular flexibility index (Phi) is 7.35. The molecule has 0 heterocycles. The highest BCUT2D eigenvalue weighted by Gasteiger charge is 2.29. The van der Waals surface area contributed by atoms with E-state index in [0.717, 1.165) is 0 Å². The minimum absolute atomic E-state index is 0. The molecule has 7 heteroatoms. The van der Waals surface area contributed by atoms with Gasteiger partial charge in [-0.15, -0.1) is 12.4 Å². The first kappa shape index (κ1) is 17.3. The number of hydrogen-bond donors (Lipinski definition) is 1. The van der Waals surface area contributed by atoms with Gasteiger partial charge in [-0.05, 0) is 28.9 Å². The minimum atomic E-state index is -2.08. The third-order valence-corrected chi connectivity index (χ3v) is 2.78. The molecule has 2 N–H and O–H groups in total. The van der Waals surface area contributed by atoms with Gasteiger partial charge in [0.15, 0.2) is 0 Å². The van der Waals surface area contributed by atoms with E-state index in [0.29, 0.717) is 0 Å². The van der Waals surface area contributed by atoms with Crippen molar-refractivity contribution < 1.29 is 18.3 Å². The average Bonchev–Trinajstić information content (AvgIpc) is 2.31. The van der Waals surface area contributed by atoms with Gasteiger partial charge in [0.25, 0.3) is 0 Å². The normalized spacial score (nSPS) is 13.4. The van der Waals surface area contributed by atoms with Crippen LogP contribution in [-0.2, 0) is 9.53 Å². The zero-order chi connectivity index (χ0) is 13.0. The molecule has 0 saturated heterocycles. The second-order valence-electron chi connectivity index (χ2n) is 3.32. The lowest BCUT2D eigenvalue weighted by atomic mass is 10.0. The fraction of sp³-hybridized carbons (Fsp3) is 0.364. The second-order valence-corrected chi connectivity index (χ2v) is 4.18. The van der Waals surface area contributed by atoms with E-state index in [1.165, 1.54) is 18.2 Å². The first-order chi connectivity index (χ1) is 7.99. The van der Waals surface area contributed by atoms with Crippen molar-refractivity contribution >= 4 is 34.3 Å². The molecule has 3 nitrogen and oxygen atoms in total.